The summed E-state index contributed by atoms with van der Waals surface area (Å²) in [6.07, 6.45) is 4.58. The van der Waals surface area contributed by atoms with Gasteiger partial charge in [-0.15, -0.1) is 0 Å². The number of benzene rings is 1. The van der Waals surface area contributed by atoms with Gasteiger partial charge in [0.25, 0.3) is 5.56 Å². The molecule has 0 atom stereocenters. The molecule has 1 aliphatic rings. The number of nitrogen functional groups attached to an aromatic ring is 1. The van der Waals surface area contributed by atoms with Crippen LogP contribution in [0.3, 0.4) is 0 Å². The van der Waals surface area contributed by atoms with E-state index in [0.717, 1.165) is 41.3 Å². The highest BCUT2D eigenvalue weighted by Gasteiger charge is 2.24. The lowest BCUT2D eigenvalue weighted by atomic mass is 9.91. The van der Waals surface area contributed by atoms with Crippen molar-refractivity contribution < 1.29 is 0 Å². The summed E-state index contributed by atoms with van der Waals surface area (Å²) in [4.78, 5) is 21.5. The number of hydrogen-bond donors (Lipinski definition) is 3. The zero-order valence-electron chi connectivity index (χ0n) is 18.1. The molecule has 7 nitrogen and oxygen atoms in total. The second-order valence-electron chi connectivity index (χ2n) is 7.40. The van der Waals surface area contributed by atoms with E-state index in [1.54, 1.807) is 6.92 Å². The lowest BCUT2D eigenvalue weighted by Gasteiger charge is -2.31. The highest BCUT2D eigenvalue weighted by atomic mass is 16.1. The molecule has 1 aromatic carbocycles. The number of anilines is 2. The maximum atomic E-state index is 13.3. The first-order chi connectivity index (χ1) is 14.5. The highest BCUT2D eigenvalue weighted by Crippen LogP contribution is 2.32. The zero-order chi connectivity index (χ0) is 21.8. The minimum atomic E-state index is 0.0720. The Hall–Kier alpha value is -3.22. The van der Waals surface area contributed by atoms with Crippen molar-refractivity contribution in [3.8, 4) is 0 Å². The number of nitrogens with zero attached hydrogens (tertiary/aromatic N) is 3. The number of aromatic nitrogens is 3. The standard InChI is InChI=1S/C21H24N6O.C2H6/c1-12-5-3-6-14-9-16(27(15-7-4-8-15)21(28)17(12)14)10-24-20-18(13(2)22)19(23)25-11-26-20;1-2/h3,5-6,9,11,15,22H,4,7-8,10H2,1-2H3,(H3,23,24,25,26);1-2H3. The maximum Gasteiger partial charge on any atom is 0.259 e. The fourth-order valence-corrected chi connectivity index (χ4v) is 3.86. The van der Waals surface area contributed by atoms with Crippen molar-refractivity contribution in [2.24, 2.45) is 0 Å². The average molecular weight is 407 g/mol. The van der Waals surface area contributed by atoms with E-state index in [2.05, 4.69) is 21.4 Å². The lowest BCUT2D eigenvalue weighted by molar-refractivity contribution is 0.301. The van der Waals surface area contributed by atoms with E-state index in [1.165, 1.54) is 6.33 Å². The summed E-state index contributed by atoms with van der Waals surface area (Å²) in [5, 5.41) is 13.0. The van der Waals surface area contributed by atoms with E-state index in [-0.39, 0.29) is 17.4 Å². The van der Waals surface area contributed by atoms with Crippen LogP contribution in [0.25, 0.3) is 10.8 Å². The van der Waals surface area contributed by atoms with Crippen LogP contribution in [0.15, 0.2) is 35.4 Å². The molecule has 1 aliphatic carbocycles. The van der Waals surface area contributed by atoms with Crippen LogP contribution in [0.4, 0.5) is 11.6 Å². The van der Waals surface area contributed by atoms with Gasteiger partial charge < -0.3 is 21.0 Å². The number of rotatable bonds is 5. The number of pyridine rings is 1. The van der Waals surface area contributed by atoms with Crippen molar-refractivity contribution >= 4 is 28.1 Å². The third kappa shape index (κ3) is 3.92. The Bertz CT molecular complexity index is 1130. The summed E-state index contributed by atoms with van der Waals surface area (Å²) >= 11 is 0. The van der Waals surface area contributed by atoms with Crippen LogP contribution in [-0.4, -0.2) is 20.2 Å². The molecule has 2 aromatic heterocycles. The second kappa shape index (κ2) is 9.07. The second-order valence-corrected chi connectivity index (χ2v) is 7.40. The molecule has 158 valence electrons. The first-order valence-electron chi connectivity index (χ1n) is 10.5. The topological polar surface area (TPSA) is 110 Å². The average Bonchev–Trinajstić information content (AvgIpc) is 2.68. The molecule has 0 saturated heterocycles. The summed E-state index contributed by atoms with van der Waals surface area (Å²) in [6, 6.07) is 8.26. The largest absolute Gasteiger partial charge is 0.383 e. The van der Waals surface area contributed by atoms with E-state index in [1.807, 2.05) is 43.5 Å². The monoisotopic (exact) mass is 406 g/mol. The minimum Gasteiger partial charge on any atom is -0.383 e. The Balaban J connectivity index is 0.00000124. The van der Waals surface area contributed by atoms with Crippen LogP contribution in [-0.2, 0) is 6.54 Å². The Kier molecular flexibility index (Phi) is 6.50. The summed E-state index contributed by atoms with van der Waals surface area (Å²) < 4.78 is 1.94. The number of nitrogens with two attached hydrogens (primary N) is 1. The molecule has 1 saturated carbocycles. The molecule has 4 N–H and O–H groups in total. The molecule has 7 heteroatoms. The summed E-state index contributed by atoms with van der Waals surface area (Å²) in [7, 11) is 0. The third-order valence-electron chi connectivity index (χ3n) is 5.50. The number of nitrogens with one attached hydrogen (secondary N) is 2. The van der Waals surface area contributed by atoms with Gasteiger partial charge in [-0.05, 0) is 50.1 Å². The summed E-state index contributed by atoms with van der Waals surface area (Å²) in [5.74, 6) is 0.785. The number of aryl methyl sites for hydroxylation is 1. The minimum absolute atomic E-state index is 0.0720. The molecule has 1 fully saturated rings. The van der Waals surface area contributed by atoms with Crippen molar-refractivity contribution in [1.82, 2.24) is 14.5 Å². The molecule has 0 amide bonds. The summed E-state index contributed by atoms with van der Waals surface area (Å²) in [6.45, 7) is 8.06. The number of fused-ring (bicyclic) bond motifs is 1. The van der Waals surface area contributed by atoms with Gasteiger partial charge in [-0.2, -0.15) is 0 Å². The molecule has 4 rings (SSSR count). The predicted molar refractivity (Wildman–Crippen MR) is 123 cm³/mol. The van der Waals surface area contributed by atoms with Crippen LogP contribution in [0.2, 0.25) is 0 Å². The molecule has 30 heavy (non-hydrogen) atoms. The van der Waals surface area contributed by atoms with Gasteiger partial charge in [0.1, 0.15) is 18.0 Å². The van der Waals surface area contributed by atoms with Crippen LogP contribution >= 0.6 is 0 Å². The van der Waals surface area contributed by atoms with Crippen LogP contribution < -0.4 is 16.6 Å². The fourth-order valence-electron chi connectivity index (χ4n) is 3.86. The van der Waals surface area contributed by atoms with Gasteiger partial charge in [-0.25, -0.2) is 9.97 Å². The zero-order valence-corrected chi connectivity index (χ0v) is 18.1. The lowest BCUT2D eigenvalue weighted by Crippen LogP contribution is -2.32. The molecule has 0 spiro atoms. The quantitative estimate of drug-likeness (QED) is 0.543. The molecule has 0 aliphatic heterocycles. The molecule has 0 radical (unpaired) electrons. The van der Waals surface area contributed by atoms with Gasteiger partial charge in [-0.3, -0.25) is 4.79 Å². The van der Waals surface area contributed by atoms with Crippen molar-refractivity contribution in [2.75, 3.05) is 11.1 Å². The van der Waals surface area contributed by atoms with Crippen LogP contribution in [0.1, 0.15) is 62.9 Å². The molecule has 2 heterocycles. The Morgan fingerprint density at radius 3 is 2.67 bits per heavy atom. The Morgan fingerprint density at radius 1 is 1.30 bits per heavy atom. The van der Waals surface area contributed by atoms with Gasteiger partial charge in [0.2, 0.25) is 0 Å². The first kappa shape index (κ1) is 21.5. The summed E-state index contributed by atoms with van der Waals surface area (Å²) in [5.41, 5.74) is 8.71. The smallest absolute Gasteiger partial charge is 0.259 e. The van der Waals surface area contributed by atoms with E-state index in [0.29, 0.717) is 23.6 Å². The van der Waals surface area contributed by atoms with E-state index >= 15 is 0 Å². The van der Waals surface area contributed by atoms with Gasteiger partial charge in [0, 0.05) is 17.4 Å². The van der Waals surface area contributed by atoms with Crippen LogP contribution in [0.5, 0.6) is 0 Å². The van der Waals surface area contributed by atoms with Crippen molar-refractivity contribution in [2.45, 2.75) is 59.5 Å². The Morgan fingerprint density at radius 2 is 2.03 bits per heavy atom. The molecule has 3 aromatic rings. The fraction of sp³-hybridized carbons (Fsp3) is 0.391. The van der Waals surface area contributed by atoms with E-state index < -0.39 is 0 Å². The van der Waals surface area contributed by atoms with Gasteiger partial charge in [-0.1, -0.05) is 32.0 Å². The third-order valence-corrected chi connectivity index (χ3v) is 5.50. The highest BCUT2D eigenvalue weighted by molar-refractivity contribution is 6.04. The van der Waals surface area contributed by atoms with Crippen LogP contribution in [0, 0.1) is 12.3 Å². The van der Waals surface area contributed by atoms with Crippen molar-refractivity contribution in [3.05, 3.63) is 57.8 Å². The molecule has 0 bridgehead atoms. The van der Waals surface area contributed by atoms with Gasteiger partial charge in [0.15, 0.2) is 0 Å². The van der Waals surface area contributed by atoms with Gasteiger partial charge >= 0.3 is 0 Å². The first-order valence-corrected chi connectivity index (χ1v) is 10.5. The van der Waals surface area contributed by atoms with Crippen molar-refractivity contribution in [3.63, 3.8) is 0 Å². The SMILES string of the molecule is CC.CC(=N)c1c(N)ncnc1NCc1cc2cccc(C)c2c(=O)n1C1CCC1. The number of hydrogen-bond acceptors (Lipinski definition) is 6. The molecular weight excluding hydrogens is 376 g/mol. The van der Waals surface area contributed by atoms with Gasteiger partial charge in [0.05, 0.1) is 17.5 Å². The molecular formula is C23H30N6O. The van der Waals surface area contributed by atoms with Crippen molar-refractivity contribution in [1.29, 1.82) is 5.41 Å². The predicted octanol–water partition coefficient (Wildman–Crippen LogP) is 4.43. The maximum absolute atomic E-state index is 13.3. The van der Waals surface area contributed by atoms with E-state index in [4.69, 9.17) is 11.1 Å². The molecule has 0 unspecified atom stereocenters. The van der Waals surface area contributed by atoms with E-state index in [9.17, 15) is 4.79 Å². The Labute approximate surface area is 176 Å². The normalized spacial score (nSPS) is 13.3.